The summed E-state index contributed by atoms with van der Waals surface area (Å²) < 4.78 is 0. The molecule has 0 radical (unpaired) electrons. The maximum atomic E-state index is 12.8. The van der Waals surface area contributed by atoms with Gasteiger partial charge < -0.3 is 15.5 Å². The molecule has 7 heteroatoms. The van der Waals surface area contributed by atoms with Crippen molar-refractivity contribution >= 4 is 17.7 Å². The van der Waals surface area contributed by atoms with E-state index < -0.39 is 6.04 Å². The Bertz CT molecular complexity index is 770. The molecule has 3 aliphatic heterocycles. The minimum Gasteiger partial charge on any atom is -0.322 e. The number of benzene rings is 1. The first kappa shape index (κ1) is 18.1. The molecular weight excluding hydrogens is 344 g/mol. The van der Waals surface area contributed by atoms with Gasteiger partial charge in [0.05, 0.1) is 0 Å². The van der Waals surface area contributed by atoms with E-state index in [1.807, 2.05) is 18.2 Å². The predicted molar refractivity (Wildman–Crippen MR) is 99.8 cm³/mol. The summed E-state index contributed by atoms with van der Waals surface area (Å²) in [5.41, 5.74) is 2.78. The Balaban J connectivity index is 1.46. The normalized spacial score (nSPS) is 28.3. The Morgan fingerprint density at radius 1 is 1.19 bits per heavy atom. The van der Waals surface area contributed by atoms with Gasteiger partial charge in [-0.15, -0.1) is 0 Å². The van der Waals surface area contributed by atoms with Crippen molar-refractivity contribution in [2.75, 3.05) is 6.54 Å². The first-order valence-electron chi connectivity index (χ1n) is 9.75. The summed E-state index contributed by atoms with van der Waals surface area (Å²) in [6.07, 6.45) is 2.97. The van der Waals surface area contributed by atoms with Gasteiger partial charge in [0.15, 0.2) is 0 Å². The van der Waals surface area contributed by atoms with E-state index in [2.05, 4.69) is 22.9 Å². The average molecular weight is 370 g/mol. The van der Waals surface area contributed by atoms with Crippen molar-refractivity contribution in [3.8, 4) is 0 Å². The Labute approximate surface area is 158 Å². The number of amides is 3. The number of imide groups is 1. The maximum Gasteiger partial charge on any atom is 0.255 e. The highest BCUT2D eigenvalue weighted by atomic mass is 16.2. The van der Waals surface area contributed by atoms with Gasteiger partial charge in [0.25, 0.3) is 5.91 Å². The predicted octanol–water partition coefficient (Wildman–Crippen LogP) is 0.678. The molecule has 3 aliphatic rings. The second-order valence-corrected chi connectivity index (χ2v) is 7.81. The van der Waals surface area contributed by atoms with Crippen LogP contribution in [0.25, 0.3) is 0 Å². The van der Waals surface area contributed by atoms with Gasteiger partial charge in [0, 0.05) is 43.7 Å². The summed E-state index contributed by atoms with van der Waals surface area (Å²) in [6.45, 7) is 4.30. The van der Waals surface area contributed by atoms with Crippen molar-refractivity contribution in [3.63, 3.8) is 0 Å². The highest BCUT2D eigenvalue weighted by Crippen LogP contribution is 2.29. The van der Waals surface area contributed by atoms with Crippen LogP contribution in [0, 0.1) is 0 Å². The molecule has 3 heterocycles. The Morgan fingerprint density at radius 3 is 2.78 bits per heavy atom. The zero-order valence-corrected chi connectivity index (χ0v) is 15.6. The molecule has 0 spiro atoms. The number of rotatable bonds is 4. The largest absolute Gasteiger partial charge is 0.322 e. The van der Waals surface area contributed by atoms with Crippen molar-refractivity contribution in [3.05, 3.63) is 34.9 Å². The Hall–Kier alpha value is -2.25. The molecule has 4 rings (SSSR count). The summed E-state index contributed by atoms with van der Waals surface area (Å²) in [7, 11) is 0. The molecule has 0 saturated carbocycles. The molecule has 144 valence electrons. The van der Waals surface area contributed by atoms with Gasteiger partial charge in [-0.05, 0) is 43.4 Å². The zero-order chi connectivity index (χ0) is 19.0. The van der Waals surface area contributed by atoms with Gasteiger partial charge >= 0.3 is 0 Å². The molecule has 0 aliphatic carbocycles. The molecule has 2 fully saturated rings. The van der Waals surface area contributed by atoms with Crippen LogP contribution in [0.15, 0.2) is 18.2 Å². The molecule has 0 aromatic heterocycles. The fraction of sp³-hybridized carbons (Fsp3) is 0.550. The van der Waals surface area contributed by atoms with Crippen molar-refractivity contribution < 1.29 is 14.4 Å². The highest BCUT2D eigenvalue weighted by molar-refractivity contribution is 6.05. The van der Waals surface area contributed by atoms with E-state index in [0.717, 1.165) is 30.5 Å². The first-order valence-corrected chi connectivity index (χ1v) is 9.75. The minimum absolute atomic E-state index is 0.116. The summed E-state index contributed by atoms with van der Waals surface area (Å²) in [4.78, 5) is 38.0. The number of nitrogens with zero attached hydrogens (tertiary/aromatic N) is 1. The van der Waals surface area contributed by atoms with Gasteiger partial charge in [-0.3, -0.25) is 19.7 Å². The lowest BCUT2D eigenvalue weighted by Crippen LogP contribution is -2.52. The number of carbonyl (C=O) groups is 3. The fourth-order valence-corrected chi connectivity index (χ4v) is 4.24. The standard InChI is InChI=1S/C20H26N4O3/c1-12-5-6-14(10-21-12)22-9-13-3-2-4-15-16(13)11-24(20(15)27)17-7-8-18(25)23-19(17)26/h2-4,12,14,17,21-22H,5-11H2,1H3,(H,23,25,26). The molecule has 3 unspecified atom stereocenters. The molecule has 3 amide bonds. The van der Waals surface area contributed by atoms with E-state index >= 15 is 0 Å². The topological polar surface area (TPSA) is 90.5 Å². The molecular formula is C20H26N4O3. The number of nitrogens with one attached hydrogen (secondary N) is 3. The molecule has 1 aromatic carbocycles. The van der Waals surface area contributed by atoms with E-state index in [1.165, 1.54) is 0 Å². The van der Waals surface area contributed by atoms with E-state index in [4.69, 9.17) is 0 Å². The van der Waals surface area contributed by atoms with Crippen molar-refractivity contribution in [1.82, 2.24) is 20.9 Å². The third kappa shape index (κ3) is 3.61. The molecule has 3 N–H and O–H groups in total. The third-order valence-corrected chi connectivity index (χ3v) is 5.92. The van der Waals surface area contributed by atoms with Crippen molar-refractivity contribution in [1.29, 1.82) is 0 Å². The van der Waals surface area contributed by atoms with E-state index in [0.29, 0.717) is 37.2 Å². The Kier molecular flexibility index (Phi) is 4.97. The summed E-state index contributed by atoms with van der Waals surface area (Å²) in [5, 5.41) is 9.43. The lowest BCUT2D eigenvalue weighted by Gasteiger charge is -2.29. The van der Waals surface area contributed by atoms with Gasteiger partial charge in [-0.1, -0.05) is 12.1 Å². The van der Waals surface area contributed by atoms with Gasteiger partial charge in [-0.2, -0.15) is 0 Å². The number of piperidine rings is 2. The van der Waals surface area contributed by atoms with Crippen LogP contribution >= 0.6 is 0 Å². The van der Waals surface area contributed by atoms with Crippen molar-refractivity contribution in [2.45, 2.75) is 63.8 Å². The van der Waals surface area contributed by atoms with Crippen LogP contribution in [-0.4, -0.2) is 47.3 Å². The number of hydrogen-bond acceptors (Lipinski definition) is 5. The number of hydrogen-bond donors (Lipinski definition) is 3. The SMILES string of the molecule is CC1CCC(NCc2cccc3c2CN(C2CCC(=O)NC2=O)C3=O)CN1. The minimum atomic E-state index is -0.563. The zero-order valence-electron chi connectivity index (χ0n) is 15.6. The second-order valence-electron chi connectivity index (χ2n) is 7.81. The van der Waals surface area contributed by atoms with Gasteiger partial charge in [0.2, 0.25) is 11.8 Å². The fourth-order valence-electron chi connectivity index (χ4n) is 4.24. The lowest BCUT2D eigenvalue weighted by atomic mass is 10.00. The third-order valence-electron chi connectivity index (χ3n) is 5.92. The average Bonchev–Trinajstić information content (AvgIpc) is 2.99. The van der Waals surface area contributed by atoms with Crippen LogP contribution in [0.4, 0.5) is 0 Å². The molecule has 7 nitrogen and oxygen atoms in total. The highest BCUT2D eigenvalue weighted by Gasteiger charge is 2.39. The quantitative estimate of drug-likeness (QED) is 0.678. The summed E-state index contributed by atoms with van der Waals surface area (Å²) in [5.74, 6) is -0.746. The lowest BCUT2D eigenvalue weighted by molar-refractivity contribution is -0.136. The number of carbonyl (C=O) groups excluding carboxylic acids is 3. The van der Waals surface area contributed by atoms with Crippen LogP contribution in [0.2, 0.25) is 0 Å². The number of fused-ring (bicyclic) bond motifs is 1. The Morgan fingerprint density at radius 2 is 2.04 bits per heavy atom. The summed E-state index contributed by atoms with van der Waals surface area (Å²) >= 11 is 0. The van der Waals surface area contributed by atoms with Crippen LogP contribution in [0.1, 0.15) is 54.1 Å². The molecule has 3 atom stereocenters. The monoisotopic (exact) mass is 370 g/mol. The van der Waals surface area contributed by atoms with Gasteiger partial charge in [0.1, 0.15) is 6.04 Å². The van der Waals surface area contributed by atoms with Crippen LogP contribution in [0.3, 0.4) is 0 Å². The molecule has 0 bridgehead atoms. The smallest absolute Gasteiger partial charge is 0.255 e. The van der Waals surface area contributed by atoms with Crippen LogP contribution in [-0.2, 0) is 22.7 Å². The van der Waals surface area contributed by atoms with Crippen LogP contribution in [0.5, 0.6) is 0 Å². The second kappa shape index (κ2) is 7.40. The summed E-state index contributed by atoms with van der Waals surface area (Å²) in [6, 6.07) is 6.22. The maximum absolute atomic E-state index is 12.8. The van der Waals surface area contributed by atoms with E-state index in [-0.39, 0.29) is 24.1 Å². The molecule has 1 aromatic rings. The van der Waals surface area contributed by atoms with Gasteiger partial charge in [-0.25, -0.2) is 0 Å². The van der Waals surface area contributed by atoms with E-state index in [1.54, 1.807) is 4.90 Å². The molecule has 27 heavy (non-hydrogen) atoms. The van der Waals surface area contributed by atoms with Crippen molar-refractivity contribution in [2.24, 2.45) is 0 Å². The molecule has 2 saturated heterocycles. The first-order chi connectivity index (χ1) is 13.0. The van der Waals surface area contributed by atoms with E-state index in [9.17, 15) is 14.4 Å². The van der Waals surface area contributed by atoms with Crippen LogP contribution < -0.4 is 16.0 Å².